The fourth-order valence-electron chi connectivity index (χ4n) is 7.63. The van der Waals surface area contributed by atoms with E-state index in [-0.39, 0.29) is 16.7 Å². The number of allylic oxidation sites excluding steroid dienone is 3. The van der Waals surface area contributed by atoms with Gasteiger partial charge in [0.05, 0.1) is 11.0 Å². The van der Waals surface area contributed by atoms with Gasteiger partial charge >= 0.3 is 0 Å². The fourth-order valence-corrected chi connectivity index (χ4v) is 7.63. The number of fused-ring (bicyclic) bond motifs is 6. The van der Waals surface area contributed by atoms with Crippen LogP contribution in [0.4, 0.5) is 0 Å². The van der Waals surface area contributed by atoms with Crippen LogP contribution in [0.1, 0.15) is 52.4 Å². The van der Waals surface area contributed by atoms with Crippen molar-refractivity contribution in [1.29, 1.82) is 0 Å². The topological polar surface area (TPSA) is 46.9 Å². The van der Waals surface area contributed by atoms with Gasteiger partial charge < -0.3 is 9.88 Å². The highest BCUT2D eigenvalue weighted by Crippen LogP contribution is 2.65. The molecule has 5 atom stereocenters. The molecule has 0 unspecified atom stereocenters. The zero-order valence-electron chi connectivity index (χ0n) is 18.0. The number of aromatic nitrogens is 2. The maximum Gasteiger partial charge on any atom is 0.243 e. The molecule has 2 heterocycles. The van der Waals surface area contributed by atoms with Crippen molar-refractivity contribution in [2.75, 3.05) is 6.54 Å². The zero-order valence-corrected chi connectivity index (χ0v) is 18.0. The third-order valence-electron chi connectivity index (χ3n) is 9.24. The lowest BCUT2D eigenvalue weighted by Gasteiger charge is -2.56. The number of nitrogens with one attached hydrogen (secondary N) is 1. The molecule has 1 aliphatic heterocycles. The quantitative estimate of drug-likeness (QED) is 0.716. The van der Waals surface area contributed by atoms with Crippen LogP contribution in [0, 0.1) is 28.6 Å². The maximum atomic E-state index is 12.2. The van der Waals surface area contributed by atoms with Crippen LogP contribution in [-0.4, -0.2) is 22.0 Å². The number of carbonyl (C=O) groups is 1. The molecule has 6 rings (SSSR count). The Hall–Kier alpha value is -2.36. The highest BCUT2D eigenvalue weighted by Gasteiger charge is 2.57. The van der Waals surface area contributed by atoms with E-state index in [0.717, 1.165) is 30.8 Å². The average Bonchev–Trinajstić information content (AvgIpc) is 3.26. The van der Waals surface area contributed by atoms with Gasteiger partial charge in [0.15, 0.2) is 0 Å². The van der Waals surface area contributed by atoms with Gasteiger partial charge in [0.2, 0.25) is 5.91 Å². The van der Waals surface area contributed by atoms with Crippen molar-refractivity contribution in [3.63, 3.8) is 0 Å². The molecular weight excluding hydrogens is 370 g/mol. The van der Waals surface area contributed by atoms with Gasteiger partial charge in [0.1, 0.15) is 6.33 Å². The molecule has 2 aromatic rings. The van der Waals surface area contributed by atoms with Crippen LogP contribution in [0.15, 0.2) is 48.3 Å². The first-order valence-electron chi connectivity index (χ1n) is 11.6. The summed E-state index contributed by atoms with van der Waals surface area (Å²) in [5.41, 5.74) is 5.56. The molecule has 2 saturated carbocycles. The van der Waals surface area contributed by atoms with Crippen molar-refractivity contribution in [2.24, 2.45) is 28.6 Å². The maximum absolute atomic E-state index is 12.2. The minimum Gasteiger partial charge on any atom is -0.353 e. The fraction of sp³-hybridized carbons (Fsp3) is 0.538. The number of para-hydroxylation sites is 2. The van der Waals surface area contributed by atoms with Crippen LogP contribution in [0.2, 0.25) is 0 Å². The summed E-state index contributed by atoms with van der Waals surface area (Å²) < 4.78 is 2.36. The van der Waals surface area contributed by atoms with Gasteiger partial charge in [-0.25, -0.2) is 4.98 Å². The van der Waals surface area contributed by atoms with E-state index in [2.05, 4.69) is 59.1 Å². The van der Waals surface area contributed by atoms with Crippen LogP contribution < -0.4 is 5.32 Å². The molecule has 156 valence electrons. The molecule has 4 heteroatoms. The van der Waals surface area contributed by atoms with Crippen molar-refractivity contribution < 1.29 is 4.79 Å². The standard InChI is InChI=1S/C26H31N3O/c1-25-13-14-27-24(30)15-17(25)7-8-18-19-9-10-23(26(19,2)12-11-20(18)25)29-16-28-21-5-3-4-6-22(21)29/h3-6,10,15-16,18-20H,7-9,11-14H2,1-2H3,(H,27,30)/t18-,19-,20-,25-,26-/m0/s1. The van der Waals surface area contributed by atoms with Gasteiger partial charge in [-0.15, -0.1) is 0 Å². The normalized spacial score (nSPS) is 38.1. The summed E-state index contributed by atoms with van der Waals surface area (Å²) in [5, 5.41) is 3.08. The Kier molecular flexibility index (Phi) is 3.88. The number of carbonyl (C=O) groups excluding carboxylic acids is 1. The van der Waals surface area contributed by atoms with Gasteiger partial charge in [-0.3, -0.25) is 4.79 Å². The van der Waals surface area contributed by atoms with Crippen LogP contribution >= 0.6 is 0 Å². The molecule has 1 amide bonds. The SMILES string of the molecule is C[C@]12CCNC(=O)C=C1CC[C@@H]1[C@@H]2CC[C@]2(C)C(n3cnc4ccccc43)=CC[C@@H]12. The second kappa shape index (κ2) is 6.32. The summed E-state index contributed by atoms with van der Waals surface area (Å²) in [6.07, 6.45) is 13.5. The molecule has 1 N–H and O–H groups in total. The Morgan fingerprint density at radius 1 is 1.10 bits per heavy atom. The first kappa shape index (κ1) is 18.4. The summed E-state index contributed by atoms with van der Waals surface area (Å²) in [5.74, 6) is 2.24. The first-order chi connectivity index (χ1) is 14.5. The summed E-state index contributed by atoms with van der Waals surface area (Å²) in [4.78, 5) is 16.8. The van der Waals surface area contributed by atoms with Gasteiger partial charge in [0, 0.05) is 23.7 Å². The molecular formula is C26H31N3O. The zero-order chi connectivity index (χ0) is 20.5. The predicted octanol–water partition coefficient (Wildman–Crippen LogP) is 5.18. The summed E-state index contributed by atoms with van der Waals surface area (Å²) in [6.45, 7) is 5.77. The van der Waals surface area contributed by atoms with Crippen LogP contribution in [0.5, 0.6) is 0 Å². The number of rotatable bonds is 1. The Morgan fingerprint density at radius 2 is 1.97 bits per heavy atom. The molecule has 4 nitrogen and oxygen atoms in total. The van der Waals surface area contributed by atoms with Gasteiger partial charge in [-0.1, -0.05) is 37.6 Å². The van der Waals surface area contributed by atoms with Crippen LogP contribution in [-0.2, 0) is 4.79 Å². The molecule has 4 aliphatic rings. The van der Waals surface area contributed by atoms with E-state index in [9.17, 15) is 4.79 Å². The highest BCUT2D eigenvalue weighted by molar-refractivity contribution is 5.88. The number of hydrogen-bond acceptors (Lipinski definition) is 2. The Morgan fingerprint density at radius 3 is 2.87 bits per heavy atom. The first-order valence-corrected chi connectivity index (χ1v) is 11.6. The average molecular weight is 402 g/mol. The summed E-state index contributed by atoms with van der Waals surface area (Å²) in [6, 6.07) is 8.48. The lowest BCUT2D eigenvalue weighted by molar-refractivity contribution is -0.116. The number of nitrogens with zero attached hydrogens (tertiary/aromatic N) is 2. The second-order valence-electron chi connectivity index (χ2n) is 10.4. The minimum absolute atomic E-state index is 0.115. The van der Waals surface area contributed by atoms with E-state index in [1.165, 1.54) is 42.5 Å². The Balaban J connectivity index is 1.36. The smallest absolute Gasteiger partial charge is 0.243 e. The molecule has 30 heavy (non-hydrogen) atoms. The van der Waals surface area contributed by atoms with E-state index in [1.54, 1.807) is 0 Å². The van der Waals surface area contributed by atoms with E-state index in [4.69, 9.17) is 0 Å². The van der Waals surface area contributed by atoms with Gasteiger partial charge in [-0.2, -0.15) is 0 Å². The number of amides is 1. The van der Waals surface area contributed by atoms with Crippen molar-refractivity contribution in [1.82, 2.24) is 14.9 Å². The van der Waals surface area contributed by atoms with E-state index in [0.29, 0.717) is 11.8 Å². The van der Waals surface area contributed by atoms with E-state index >= 15 is 0 Å². The van der Waals surface area contributed by atoms with Crippen molar-refractivity contribution in [3.05, 3.63) is 48.3 Å². The molecule has 0 spiro atoms. The summed E-state index contributed by atoms with van der Waals surface area (Å²) in [7, 11) is 0. The second-order valence-corrected chi connectivity index (χ2v) is 10.4. The molecule has 1 aromatic heterocycles. The third kappa shape index (κ3) is 2.39. The molecule has 1 aromatic carbocycles. The molecule has 0 radical (unpaired) electrons. The Bertz CT molecular complexity index is 1090. The molecule has 3 aliphatic carbocycles. The molecule has 2 fully saturated rings. The third-order valence-corrected chi connectivity index (χ3v) is 9.24. The Labute approximate surface area is 178 Å². The monoisotopic (exact) mass is 401 g/mol. The van der Waals surface area contributed by atoms with Crippen molar-refractivity contribution in [2.45, 2.75) is 52.4 Å². The predicted molar refractivity (Wildman–Crippen MR) is 119 cm³/mol. The number of imidazole rings is 1. The van der Waals surface area contributed by atoms with E-state index in [1.807, 2.05) is 12.4 Å². The van der Waals surface area contributed by atoms with E-state index < -0.39 is 0 Å². The number of benzene rings is 1. The highest BCUT2D eigenvalue weighted by atomic mass is 16.1. The number of hydrogen-bond donors (Lipinski definition) is 1. The lowest BCUT2D eigenvalue weighted by Crippen LogP contribution is -2.49. The van der Waals surface area contributed by atoms with Crippen LogP contribution in [0.25, 0.3) is 16.7 Å². The largest absolute Gasteiger partial charge is 0.353 e. The van der Waals surface area contributed by atoms with Gasteiger partial charge in [0.25, 0.3) is 0 Å². The van der Waals surface area contributed by atoms with Crippen molar-refractivity contribution in [3.8, 4) is 0 Å². The van der Waals surface area contributed by atoms with Gasteiger partial charge in [-0.05, 0) is 73.8 Å². The lowest BCUT2D eigenvalue weighted by atomic mass is 9.48. The minimum atomic E-state index is 0.115. The van der Waals surface area contributed by atoms with Crippen molar-refractivity contribution >= 4 is 22.6 Å². The molecule has 0 saturated heterocycles. The summed E-state index contributed by atoms with van der Waals surface area (Å²) >= 11 is 0. The molecule has 0 bridgehead atoms. The van der Waals surface area contributed by atoms with Crippen LogP contribution in [0.3, 0.4) is 0 Å².